The first kappa shape index (κ1) is 19.0. The quantitative estimate of drug-likeness (QED) is 0.463. The monoisotopic (exact) mass is 415 g/mol. The SMILES string of the molecule is CC(NC(=O)c1cccc(NC(=O)c2ccc3nc[nH]c3c2)c1)c1nnc2n1CCC2. The second-order valence-corrected chi connectivity index (χ2v) is 7.59. The summed E-state index contributed by atoms with van der Waals surface area (Å²) in [6.07, 6.45) is 3.56. The van der Waals surface area contributed by atoms with Crippen LogP contribution in [0.2, 0.25) is 0 Å². The smallest absolute Gasteiger partial charge is 0.255 e. The third kappa shape index (κ3) is 3.65. The van der Waals surface area contributed by atoms with Gasteiger partial charge in [-0.25, -0.2) is 4.98 Å². The third-order valence-corrected chi connectivity index (χ3v) is 5.44. The van der Waals surface area contributed by atoms with Gasteiger partial charge < -0.3 is 20.2 Å². The van der Waals surface area contributed by atoms with Gasteiger partial charge >= 0.3 is 0 Å². The molecule has 4 aromatic rings. The first-order chi connectivity index (χ1) is 15.1. The van der Waals surface area contributed by atoms with Crippen molar-refractivity contribution in [1.29, 1.82) is 0 Å². The van der Waals surface area contributed by atoms with Crippen LogP contribution in [0.4, 0.5) is 5.69 Å². The van der Waals surface area contributed by atoms with Crippen LogP contribution in [0.5, 0.6) is 0 Å². The Balaban J connectivity index is 1.28. The van der Waals surface area contributed by atoms with Crippen LogP contribution < -0.4 is 10.6 Å². The number of hydrogen-bond donors (Lipinski definition) is 3. The maximum absolute atomic E-state index is 12.8. The molecule has 2 aromatic heterocycles. The molecule has 0 radical (unpaired) electrons. The molecule has 2 aromatic carbocycles. The zero-order chi connectivity index (χ0) is 21.4. The van der Waals surface area contributed by atoms with E-state index < -0.39 is 0 Å². The predicted octanol–water partition coefficient (Wildman–Crippen LogP) is 2.84. The minimum atomic E-state index is -0.272. The van der Waals surface area contributed by atoms with Crippen molar-refractivity contribution in [2.24, 2.45) is 0 Å². The molecule has 1 atom stereocenters. The summed E-state index contributed by atoms with van der Waals surface area (Å²) in [4.78, 5) is 32.6. The minimum Gasteiger partial charge on any atom is -0.345 e. The Bertz CT molecular complexity index is 1290. The molecule has 1 aliphatic rings. The number of amides is 2. The summed E-state index contributed by atoms with van der Waals surface area (Å²) in [5, 5.41) is 14.2. The van der Waals surface area contributed by atoms with E-state index in [2.05, 4.69) is 35.4 Å². The minimum absolute atomic E-state index is 0.238. The number of H-pyrrole nitrogens is 1. The summed E-state index contributed by atoms with van der Waals surface area (Å²) in [5.74, 6) is 1.23. The fraction of sp³-hybridized carbons (Fsp3) is 0.227. The number of carbonyl (C=O) groups is 2. The number of aryl methyl sites for hydroxylation is 1. The number of fused-ring (bicyclic) bond motifs is 2. The summed E-state index contributed by atoms with van der Waals surface area (Å²) in [6, 6.07) is 11.8. The van der Waals surface area contributed by atoms with Crippen LogP contribution in [0.25, 0.3) is 11.0 Å². The molecule has 31 heavy (non-hydrogen) atoms. The summed E-state index contributed by atoms with van der Waals surface area (Å²) < 4.78 is 2.07. The Morgan fingerprint density at radius 3 is 2.87 bits per heavy atom. The van der Waals surface area contributed by atoms with Crippen molar-refractivity contribution in [3.8, 4) is 0 Å². The number of benzene rings is 2. The molecule has 1 aliphatic heterocycles. The van der Waals surface area contributed by atoms with Crippen molar-refractivity contribution in [1.82, 2.24) is 30.0 Å². The number of hydrogen-bond acceptors (Lipinski definition) is 5. The highest BCUT2D eigenvalue weighted by Crippen LogP contribution is 2.20. The van der Waals surface area contributed by atoms with Crippen LogP contribution in [-0.2, 0) is 13.0 Å². The maximum Gasteiger partial charge on any atom is 0.255 e. The van der Waals surface area contributed by atoms with Crippen molar-refractivity contribution >= 4 is 28.5 Å². The van der Waals surface area contributed by atoms with Gasteiger partial charge in [-0.1, -0.05) is 6.07 Å². The van der Waals surface area contributed by atoms with E-state index in [1.807, 2.05) is 6.92 Å². The normalized spacial score (nSPS) is 13.7. The first-order valence-corrected chi connectivity index (χ1v) is 10.2. The van der Waals surface area contributed by atoms with E-state index >= 15 is 0 Å². The molecule has 156 valence electrons. The molecule has 0 saturated carbocycles. The number of carbonyl (C=O) groups excluding carboxylic acids is 2. The molecule has 9 heteroatoms. The van der Waals surface area contributed by atoms with Crippen molar-refractivity contribution in [3.05, 3.63) is 71.6 Å². The van der Waals surface area contributed by atoms with Gasteiger partial charge in [-0.05, 0) is 49.7 Å². The van der Waals surface area contributed by atoms with Crippen LogP contribution in [0, 0.1) is 0 Å². The zero-order valence-electron chi connectivity index (χ0n) is 16.9. The number of rotatable bonds is 5. The highest BCUT2D eigenvalue weighted by molar-refractivity contribution is 6.06. The second kappa shape index (κ2) is 7.67. The fourth-order valence-electron chi connectivity index (χ4n) is 3.86. The molecule has 3 N–H and O–H groups in total. The molecule has 0 saturated heterocycles. The summed E-state index contributed by atoms with van der Waals surface area (Å²) in [6.45, 7) is 2.77. The molecule has 0 aliphatic carbocycles. The lowest BCUT2D eigenvalue weighted by Gasteiger charge is -2.14. The van der Waals surface area contributed by atoms with Crippen LogP contribution in [0.15, 0.2) is 48.8 Å². The van der Waals surface area contributed by atoms with E-state index in [9.17, 15) is 9.59 Å². The number of aromatic amines is 1. The number of aromatic nitrogens is 5. The van der Waals surface area contributed by atoms with Gasteiger partial charge in [-0.3, -0.25) is 9.59 Å². The Morgan fingerprint density at radius 1 is 1.10 bits per heavy atom. The lowest BCUT2D eigenvalue weighted by atomic mass is 10.1. The van der Waals surface area contributed by atoms with Gasteiger partial charge in [0.15, 0.2) is 5.82 Å². The average Bonchev–Trinajstić information content (AvgIpc) is 3.50. The van der Waals surface area contributed by atoms with Gasteiger partial charge in [0.2, 0.25) is 0 Å². The second-order valence-electron chi connectivity index (χ2n) is 7.59. The van der Waals surface area contributed by atoms with Crippen molar-refractivity contribution in [3.63, 3.8) is 0 Å². The van der Waals surface area contributed by atoms with Crippen LogP contribution >= 0.6 is 0 Å². The van der Waals surface area contributed by atoms with E-state index in [1.54, 1.807) is 48.8 Å². The maximum atomic E-state index is 12.8. The molecule has 0 bridgehead atoms. The van der Waals surface area contributed by atoms with Crippen LogP contribution in [0.3, 0.4) is 0 Å². The molecular weight excluding hydrogens is 394 g/mol. The Hall–Kier alpha value is -4.01. The lowest BCUT2D eigenvalue weighted by Crippen LogP contribution is -2.28. The van der Waals surface area contributed by atoms with Crippen molar-refractivity contribution in [2.45, 2.75) is 32.4 Å². The number of nitrogens with zero attached hydrogens (tertiary/aromatic N) is 4. The van der Waals surface area contributed by atoms with E-state index in [0.717, 1.165) is 42.1 Å². The number of imidazole rings is 1. The zero-order valence-corrected chi connectivity index (χ0v) is 16.9. The van der Waals surface area contributed by atoms with E-state index in [-0.39, 0.29) is 17.9 Å². The number of anilines is 1. The van der Waals surface area contributed by atoms with E-state index in [4.69, 9.17) is 0 Å². The van der Waals surface area contributed by atoms with Crippen LogP contribution in [0.1, 0.15) is 51.8 Å². The molecule has 9 nitrogen and oxygen atoms in total. The average molecular weight is 415 g/mol. The molecule has 0 spiro atoms. The summed E-state index contributed by atoms with van der Waals surface area (Å²) in [7, 11) is 0. The van der Waals surface area contributed by atoms with Crippen LogP contribution in [-0.4, -0.2) is 36.5 Å². The summed E-state index contributed by atoms with van der Waals surface area (Å²) >= 11 is 0. The molecule has 0 fully saturated rings. The standard InChI is InChI=1S/C22H21N7O2/c1-13(20-28-27-19-6-3-9-29(19)20)25-21(30)14-4-2-5-16(10-14)26-22(31)15-7-8-17-18(11-15)24-12-23-17/h2,4-5,7-8,10-13H,3,6,9H2,1H3,(H,23,24)(H,25,30)(H,26,31). The van der Waals surface area contributed by atoms with Crippen molar-refractivity contribution in [2.75, 3.05) is 5.32 Å². The molecule has 2 amide bonds. The van der Waals surface area contributed by atoms with Gasteiger partial charge in [0.1, 0.15) is 5.82 Å². The Morgan fingerprint density at radius 2 is 1.97 bits per heavy atom. The van der Waals surface area contributed by atoms with Gasteiger partial charge in [0, 0.05) is 29.8 Å². The summed E-state index contributed by atoms with van der Waals surface area (Å²) in [5.41, 5.74) is 3.08. The molecule has 1 unspecified atom stereocenters. The van der Waals surface area contributed by atoms with Gasteiger partial charge in [-0.2, -0.15) is 0 Å². The topological polar surface area (TPSA) is 118 Å². The molecule has 3 heterocycles. The van der Waals surface area contributed by atoms with Crippen molar-refractivity contribution < 1.29 is 9.59 Å². The highest BCUT2D eigenvalue weighted by atomic mass is 16.2. The first-order valence-electron chi connectivity index (χ1n) is 10.2. The van der Waals surface area contributed by atoms with Gasteiger partial charge in [-0.15, -0.1) is 10.2 Å². The molecular formula is C22H21N7O2. The largest absolute Gasteiger partial charge is 0.345 e. The third-order valence-electron chi connectivity index (χ3n) is 5.44. The Kier molecular flexibility index (Phi) is 4.70. The fourth-order valence-corrected chi connectivity index (χ4v) is 3.86. The number of nitrogens with one attached hydrogen (secondary N) is 3. The van der Waals surface area contributed by atoms with Gasteiger partial charge in [0.05, 0.1) is 23.4 Å². The van der Waals surface area contributed by atoms with Gasteiger partial charge in [0.25, 0.3) is 11.8 Å². The predicted molar refractivity (Wildman–Crippen MR) is 115 cm³/mol. The Labute approximate surface area is 177 Å². The molecule has 5 rings (SSSR count). The van der Waals surface area contributed by atoms with E-state index in [1.165, 1.54) is 0 Å². The lowest BCUT2D eigenvalue weighted by molar-refractivity contribution is 0.0936. The van der Waals surface area contributed by atoms with E-state index in [0.29, 0.717) is 16.8 Å². The highest BCUT2D eigenvalue weighted by Gasteiger charge is 2.22.